The molecule has 0 unspecified atom stereocenters. The van der Waals surface area contributed by atoms with Gasteiger partial charge >= 0.3 is 0 Å². The second kappa shape index (κ2) is 14.6. The summed E-state index contributed by atoms with van der Waals surface area (Å²) < 4.78 is 0. The summed E-state index contributed by atoms with van der Waals surface area (Å²) in [6, 6.07) is 20.6. The molecule has 1 aromatic heterocycles. The number of pyridine rings is 1. The van der Waals surface area contributed by atoms with E-state index in [2.05, 4.69) is 25.4 Å². The Morgan fingerprint density at radius 1 is 1.00 bits per heavy atom. The minimum absolute atomic E-state index is 0.0712. The second-order valence-electron chi connectivity index (χ2n) is 13.6. The number of fused-ring (bicyclic) bond motifs is 1. The summed E-state index contributed by atoms with van der Waals surface area (Å²) in [5, 5.41) is 28.5. The number of carbonyl (C=O) groups excluding carboxylic acids is 2. The van der Waals surface area contributed by atoms with Crippen LogP contribution in [-0.4, -0.2) is 86.8 Å². The number of aromatic nitrogens is 1. The van der Waals surface area contributed by atoms with Gasteiger partial charge in [-0.15, -0.1) is 0 Å². The van der Waals surface area contributed by atoms with Crippen LogP contribution in [0.25, 0.3) is 0 Å². The molecular formula is C36H47N5O4. The van der Waals surface area contributed by atoms with Crippen LogP contribution < -0.4 is 10.6 Å². The third kappa shape index (κ3) is 8.98. The minimum Gasteiger partial charge on any atom is -0.392 e. The number of hydrogen-bond donors (Lipinski definition) is 4. The average Bonchev–Trinajstić information content (AvgIpc) is 3.32. The van der Waals surface area contributed by atoms with Crippen molar-refractivity contribution in [2.24, 2.45) is 5.92 Å². The molecule has 0 bridgehead atoms. The Morgan fingerprint density at radius 2 is 1.73 bits per heavy atom. The second-order valence-corrected chi connectivity index (χ2v) is 13.6. The molecule has 45 heavy (non-hydrogen) atoms. The highest BCUT2D eigenvalue weighted by molar-refractivity contribution is 5.83. The van der Waals surface area contributed by atoms with Gasteiger partial charge in [0.25, 0.3) is 0 Å². The number of β-amino-alcohol motifs (C(OH)–C–C–N with tert-alkyl or cyclic N) is 1. The number of carbonyl (C=O) groups is 2. The SMILES string of the molecule is CC(C)(C)NC(=O)[C@@H]1CN(Cc2cccnc2)CCN1C[C@@H](O)C[C@@H](Cc1ccccc1)C(=O)N[C@H]1c2ccccc2C[C@@H]1O. The van der Waals surface area contributed by atoms with Gasteiger partial charge in [0.05, 0.1) is 18.2 Å². The number of aliphatic hydroxyl groups excluding tert-OH is 2. The van der Waals surface area contributed by atoms with Crippen molar-refractivity contribution in [2.75, 3.05) is 26.2 Å². The molecule has 0 spiro atoms. The Kier molecular flexibility index (Phi) is 10.7. The Labute approximate surface area is 266 Å². The van der Waals surface area contributed by atoms with E-state index in [0.29, 0.717) is 32.5 Å². The fraction of sp³-hybridized carbons (Fsp3) is 0.472. The zero-order valence-corrected chi connectivity index (χ0v) is 26.6. The molecule has 9 heteroatoms. The van der Waals surface area contributed by atoms with Crippen LogP contribution in [0.1, 0.15) is 55.5 Å². The molecule has 1 saturated heterocycles. The zero-order valence-electron chi connectivity index (χ0n) is 26.6. The van der Waals surface area contributed by atoms with Gasteiger partial charge in [0.15, 0.2) is 0 Å². The van der Waals surface area contributed by atoms with E-state index in [-0.39, 0.29) is 24.8 Å². The minimum atomic E-state index is -0.833. The number of benzene rings is 2. The summed E-state index contributed by atoms with van der Waals surface area (Å²) >= 11 is 0. The molecule has 1 aliphatic carbocycles. The Morgan fingerprint density at radius 3 is 2.47 bits per heavy atom. The van der Waals surface area contributed by atoms with Crippen LogP contribution >= 0.6 is 0 Å². The van der Waals surface area contributed by atoms with E-state index in [0.717, 1.165) is 28.8 Å². The maximum Gasteiger partial charge on any atom is 0.239 e. The van der Waals surface area contributed by atoms with Gasteiger partial charge in [-0.3, -0.25) is 24.4 Å². The van der Waals surface area contributed by atoms with E-state index >= 15 is 0 Å². The lowest BCUT2D eigenvalue weighted by Crippen LogP contribution is -2.61. The fourth-order valence-electron chi connectivity index (χ4n) is 6.56. The van der Waals surface area contributed by atoms with Crippen molar-refractivity contribution in [2.45, 2.75) is 76.4 Å². The molecule has 9 nitrogen and oxygen atoms in total. The number of piperazine rings is 1. The Hall–Kier alpha value is -3.63. The molecule has 0 saturated carbocycles. The smallest absolute Gasteiger partial charge is 0.239 e. The predicted octanol–water partition coefficient (Wildman–Crippen LogP) is 2.87. The Bertz CT molecular complexity index is 1410. The number of nitrogens with one attached hydrogen (secondary N) is 2. The predicted molar refractivity (Wildman–Crippen MR) is 174 cm³/mol. The molecular weight excluding hydrogens is 566 g/mol. The van der Waals surface area contributed by atoms with E-state index in [1.54, 1.807) is 6.20 Å². The Balaban J connectivity index is 1.29. The van der Waals surface area contributed by atoms with Crippen molar-refractivity contribution in [3.8, 4) is 0 Å². The number of amides is 2. The lowest BCUT2D eigenvalue weighted by atomic mass is 9.91. The normalized spacial score (nSPS) is 21.9. The first-order chi connectivity index (χ1) is 21.6. The monoisotopic (exact) mass is 613 g/mol. The van der Waals surface area contributed by atoms with Crippen LogP contribution in [0.4, 0.5) is 0 Å². The number of rotatable bonds is 11. The van der Waals surface area contributed by atoms with Gasteiger partial charge in [-0.1, -0.05) is 60.7 Å². The first kappa shape index (κ1) is 32.8. The van der Waals surface area contributed by atoms with E-state index in [1.807, 2.05) is 93.7 Å². The van der Waals surface area contributed by atoms with Crippen molar-refractivity contribution >= 4 is 11.8 Å². The number of hydrogen-bond acceptors (Lipinski definition) is 7. The van der Waals surface area contributed by atoms with Crippen LogP contribution in [0.2, 0.25) is 0 Å². The lowest BCUT2D eigenvalue weighted by molar-refractivity contribution is -0.132. The summed E-state index contributed by atoms with van der Waals surface area (Å²) in [6.45, 7) is 8.74. The van der Waals surface area contributed by atoms with Gasteiger partial charge in [-0.25, -0.2) is 0 Å². The highest BCUT2D eigenvalue weighted by atomic mass is 16.3. The van der Waals surface area contributed by atoms with E-state index < -0.39 is 35.7 Å². The van der Waals surface area contributed by atoms with Crippen molar-refractivity contribution in [3.05, 3.63) is 101 Å². The summed E-state index contributed by atoms with van der Waals surface area (Å²) in [7, 11) is 0. The highest BCUT2D eigenvalue weighted by Gasteiger charge is 2.37. The topological polar surface area (TPSA) is 118 Å². The van der Waals surface area contributed by atoms with E-state index in [1.165, 1.54) is 0 Å². The van der Waals surface area contributed by atoms with Gasteiger partial charge in [0.2, 0.25) is 11.8 Å². The quantitative estimate of drug-likeness (QED) is 0.263. The van der Waals surface area contributed by atoms with Crippen molar-refractivity contribution in [1.29, 1.82) is 0 Å². The lowest BCUT2D eigenvalue weighted by Gasteiger charge is -2.42. The molecule has 4 N–H and O–H groups in total. The number of aliphatic hydroxyl groups is 2. The third-order valence-corrected chi connectivity index (χ3v) is 8.70. The molecule has 2 amide bonds. The van der Waals surface area contributed by atoms with Crippen molar-refractivity contribution in [3.63, 3.8) is 0 Å². The molecule has 0 radical (unpaired) electrons. The van der Waals surface area contributed by atoms with Gasteiger partial charge in [0.1, 0.15) is 6.04 Å². The maximum atomic E-state index is 13.8. The van der Waals surface area contributed by atoms with Crippen LogP contribution in [0.5, 0.6) is 0 Å². The molecule has 5 rings (SSSR count). The standard InChI is InChI=1S/C36H47N5O4/c1-36(2,3)39-35(45)31-24-40(22-26-12-9-15-37-21-26)16-17-41(31)23-29(42)19-28(18-25-10-5-4-6-11-25)34(44)38-33-30-14-8-7-13-27(30)20-32(33)43/h4-15,21,28-29,31-33,42-43H,16-20,22-24H2,1-3H3,(H,38,44)(H,39,45)/t28-,29+,31+,32+,33+/m1/s1. The maximum absolute atomic E-state index is 13.8. The van der Waals surface area contributed by atoms with Gasteiger partial charge in [0, 0.05) is 63.0 Å². The van der Waals surface area contributed by atoms with Gasteiger partial charge in [-0.2, -0.15) is 0 Å². The molecule has 2 heterocycles. The van der Waals surface area contributed by atoms with Crippen LogP contribution in [-0.2, 0) is 29.0 Å². The molecule has 1 fully saturated rings. The summed E-state index contributed by atoms with van der Waals surface area (Å²) in [5.41, 5.74) is 3.68. The van der Waals surface area contributed by atoms with Gasteiger partial charge < -0.3 is 20.8 Å². The van der Waals surface area contributed by atoms with Crippen LogP contribution in [0.3, 0.4) is 0 Å². The fourth-order valence-corrected chi connectivity index (χ4v) is 6.56. The average molecular weight is 614 g/mol. The highest BCUT2D eigenvalue weighted by Crippen LogP contribution is 2.32. The third-order valence-electron chi connectivity index (χ3n) is 8.70. The van der Waals surface area contributed by atoms with E-state index in [9.17, 15) is 19.8 Å². The summed E-state index contributed by atoms with van der Waals surface area (Å²) in [5.74, 6) is -0.781. The summed E-state index contributed by atoms with van der Waals surface area (Å²) in [4.78, 5) is 35.9. The summed E-state index contributed by atoms with van der Waals surface area (Å²) in [6.07, 6.45) is 3.26. The van der Waals surface area contributed by atoms with Crippen molar-refractivity contribution < 1.29 is 19.8 Å². The molecule has 3 aromatic rings. The first-order valence-electron chi connectivity index (χ1n) is 16.0. The first-order valence-corrected chi connectivity index (χ1v) is 16.0. The largest absolute Gasteiger partial charge is 0.392 e. The zero-order chi connectivity index (χ0) is 32.0. The van der Waals surface area contributed by atoms with Crippen LogP contribution in [0.15, 0.2) is 79.1 Å². The molecule has 240 valence electrons. The molecule has 2 aliphatic rings. The van der Waals surface area contributed by atoms with Crippen molar-refractivity contribution in [1.82, 2.24) is 25.4 Å². The molecule has 5 atom stereocenters. The molecule has 1 aliphatic heterocycles. The van der Waals surface area contributed by atoms with Crippen LogP contribution in [0, 0.1) is 5.92 Å². The van der Waals surface area contributed by atoms with Gasteiger partial charge in [-0.05, 0) is 61.9 Å². The van der Waals surface area contributed by atoms with E-state index in [4.69, 9.17) is 0 Å². The molecule has 2 aromatic carbocycles. The number of nitrogens with zero attached hydrogens (tertiary/aromatic N) is 3.